The van der Waals surface area contributed by atoms with Crippen LogP contribution in [-0.2, 0) is 7.05 Å². The molecule has 0 amide bonds. The van der Waals surface area contributed by atoms with E-state index in [9.17, 15) is 0 Å². The van der Waals surface area contributed by atoms with Crippen LogP contribution in [0.3, 0.4) is 0 Å². The molecular weight excluding hydrogens is 368 g/mol. The van der Waals surface area contributed by atoms with Crippen LogP contribution in [0, 0.1) is 13.8 Å². The monoisotopic (exact) mass is 384 g/mol. The normalized spacial score (nSPS) is 19.4. The first-order chi connectivity index (χ1) is 12.5. The lowest BCUT2D eigenvalue weighted by Gasteiger charge is -2.05. The van der Waals surface area contributed by atoms with Crippen LogP contribution >= 0.6 is 22.9 Å². The van der Waals surface area contributed by atoms with E-state index in [1.54, 1.807) is 17.5 Å². The predicted octanol–water partition coefficient (Wildman–Crippen LogP) is 4.13. The Bertz CT molecular complexity index is 1140. The fraction of sp³-hybridized carbons (Fsp3) is 0.333. The van der Waals surface area contributed by atoms with Gasteiger partial charge in [-0.25, -0.2) is 14.5 Å². The van der Waals surface area contributed by atoms with E-state index in [1.165, 1.54) is 0 Å². The van der Waals surface area contributed by atoms with Crippen molar-refractivity contribution in [2.45, 2.75) is 32.1 Å². The van der Waals surface area contributed by atoms with Crippen LogP contribution in [0.1, 0.15) is 40.2 Å². The summed E-state index contributed by atoms with van der Waals surface area (Å²) in [5.41, 5.74) is 6.05. The average Bonchev–Trinajstić information content (AvgIpc) is 2.91. The van der Waals surface area contributed by atoms with Crippen molar-refractivity contribution >= 4 is 28.6 Å². The quantitative estimate of drug-likeness (QED) is 0.533. The van der Waals surface area contributed by atoms with Gasteiger partial charge in [-0.15, -0.1) is 11.3 Å². The largest absolute Gasteiger partial charge is 0.266 e. The molecule has 0 bridgehead atoms. The number of aromatic nitrogens is 6. The first-order valence-electron chi connectivity index (χ1n) is 8.49. The lowest BCUT2D eigenvalue weighted by Crippen LogP contribution is -2.02. The van der Waals surface area contributed by atoms with Gasteiger partial charge in [0, 0.05) is 18.9 Å². The van der Waals surface area contributed by atoms with Crippen molar-refractivity contribution < 1.29 is 0 Å². The van der Waals surface area contributed by atoms with E-state index >= 15 is 0 Å². The summed E-state index contributed by atoms with van der Waals surface area (Å²) in [4.78, 5) is 8.85. The molecule has 0 saturated heterocycles. The Labute approximate surface area is 159 Å². The van der Waals surface area contributed by atoms with Crippen molar-refractivity contribution in [1.29, 1.82) is 0 Å². The molecule has 6 nitrogen and oxygen atoms in total. The molecule has 1 aliphatic carbocycles. The number of hydrogen-bond donors (Lipinski definition) is 0. The predicted molar refractivity (Wildman–Crippen MR) is 102 cm³/mol. The third-order valence-corrected chi connectivity index (χ3v) is 6.21. The zero-order valence-corrected chi connectivity index (χ0v) is 16.2. The summed E-state index contributed by atoms with van der Waals surface area (Å²) in [6, 6.07) is 4.23. The molecule has 1 fully saturated rings. The topological polar surface area (TPSA) is 60.9 Å². The number of imidazole rings is 1. The van der Waals surface area contributed by atoms with E-state index in [0.29, 0.717) is 11.8 Å². The molecule has 1 saturated carbocycles. The Kier molecular flexibility index (Phi) is 3.45. The Morgan fingerprint density at radius 1 is 1.12 bits per heavy atom. The van der Waals surface area contributed by atoms with Crippen molar-refractivity contribution in [2.75, 3.05) is 0 Å². The maximum atomic E-state index is 6.02. The highest BCUT2D eigenvalue weighted by Gasteiger charge is 2.43. The Balaban J connectivity index is 1.51. The van der Waals surface area contributed by atoms with Crippen molar-refractivity contribution in [3.05, 3.63) is 50.8 Å². The van der Waals surface area contributed by atoms with Crippen LogP contribution in [0.25, 0.3) is 17.0 Å². The minimum atomic E-state index is 0.414. The van der Waals surface area contributed by atoms with Gasteiger partial charge < -0.3 is 0 Å². The van der Waals surface area contributed by atoms with Crippen LogP contribution in [0.4, 0.5) is 0 Å². The smallest absolute Gasteiger partial charge is 0.156 e. The molecule has 5 rings (SSSR count). The zero-order chi connectivity index (χ0) is 18.0. The average molecular weight is 385 g/mol. The summed E-state index contributed by atoms with van der Waals surface area (Å²) in [6.45, 7) is 4.08. The van der Waals surface area contributed by atoms with Gasteiger partial charge in [0.15, 0.2) is 5.65 Å². The third kappa shape index (κ3) is 2.46. The molecule has 0 radical (unpaired) electrons. The summed E-state index contributed by atoms with van der Waals surface area (Å²) in [7, 11) is 1.97. The molecule has 4 aromatic heterocycles. The fourth-order valence-corrected chi connectivity index (χ4v) is 4.61. The molecule has 8 heteroatoms. The SMILES string of the molecule is Cc1cc(-c2cc(C3CC3c3ncc(Cl)s3)nn2C)nn2c(C)cnc12. The molecular formula is C18H17ClN6S. The number of aryl methyl sites for hydroxylation is 3. The van der Waals surface area contributed by atoms with E-state index in [4.69, 9.17) is 21.8 Å². The van der Waals surface area contributed by atoms with Crippen LogP contribution in [-0.4, -0.2) is 29.4 Å². The highest BCUT2D eigenvalue weighted by molar-refractivity contribution is 7.15. The van der Waals surface area contributed by atoms with E-state index in [0.717, 1.165) is 49.8 Å². The molecule has 4 heterocycles. The van der Waals surface area contributed by atoms with Gasteiger partial charge >= 0.3 is 0 Å². The second kappa shape index (κ2) is 5.62. The molecule has 2 atom stereocenters. The second-order valence-corrected chi connectivity index (χ2v) is 8.57. The standard InChI is InChI=1S/C18H17ClN6S/c1-9-4-14(23-25-10(2)7-20-17(9)25)15-6-13(22-24(15)3)11-5-12(11)18-21-8-16(19)26-18/h4,6-8,11-12H,5H2,1-3H3. The van der Waals surface area contributed by atoms with Gasteiger partial charge in [0.2, 0.25) is 0 Å². The summed E-state index contributed by atoms with van der Waals surface area (Å²) in [6.07, 6.45) is 4.66. The minimum absolute atomic E-state index is 0.414. The number of nitrogens with zero attached hydrogens (tertiary/aromatic N) is 6. The van der Waals surface area contributed by atoms with Crippen LogP contribution < -0.4 is 0 Å². The molecule has 132 valence electrons. The third-order valence-electron chi connectivity index (χ3n) is 4.97. The van der Waals surface area contributed by atoms with Crippen LogP contribution in [0.2, 0.25) is 4.34 Å². The van der Waals surface area contributed by atoms with Crippen LogP contribution in [0.5, 0.6) is 0 Å². The van der Waals surface area contributed by atoms with E-state index < -0.39 is 0 Å². The molecule has 0 aliphatic heterocycles. The van der Waals surface area contributed by atoms with Gasteiger partial charge in [-0.2, -0.15) is 10.2 Å². The Hall–Kier alpha value is -2.25. The lowest BCUT2D eigenvalue weighted by molar-refractivity contribution is 0.741. The maximum absolute atomic E-state index is 6.02. The van der Waals surface area contributed by atoms with Gasteiger partial charge in [0.05, 0.1) is 34.5 Å². The van der Waals surface area contributed by atoms with Crippen molar-refractivity contribution in [3.63, 3.8) is 0 Å². The Morgan fingerprint density at radius 3 is 2.73 bits per heavy atom. The minimum Gasteiger partial charge on any atom is -0.266 e. The molecule has 0 spiro atoms. The van der Waals surface area contributed by atoms with Crippen LogP contribution in [0.15, 0.2) is 24.5 Å². The highest BCUT2D eigenvalue weighted by Crippen LogP contribution is 2.55. The summed E-state index contributed by atoms with van der Waals surface area (Å²) in [5, 5.41) is 10.6. The number of fused-ring (bicyclic) bond motifs is 1. The Morgan fingerprint density at radius 2 is 1.96 bits per heavy atom. The zero-order valence-electron chi connectivity index (χ0n) is 14.6. The molecule has 2 unspecified atom stereocenters. The van der Waals surface area contributed by atoms with E-state index in [1.807, 2.05) is 29.4 Å². The molecule has 0 N–H and O–H groups in total. The highest BCUT2D eigenvalue weighted by atomic mass is 35.5. The van der Waals surface area contributed by atoms with Gasteiger partial charge in [-0.1, -0.05) is 11.6 Å². The first-order valence-corrected chi connectivity index (χ1v) is 9.68. The number of thiazole rings is 1. The van der Waals surface area contributed by atoms with Gasteiger partial charge in [-0.05, 0) is 38.0 Å². The molecule has 26 heavy (non-hydrogen) atoms. The second-order valence-electron chi connectivity index (χ2n) is 6.88. The van der Waals surface area contributed by atoms with Crippen molar-refractivity contribution in [2.24, 2.45) is 7.05 Å². The first kappa shape index (κ1) is 16.0. The number of rotatable bonds is 3. The van der Waals surface area contributed by atoms with Crippen molar-refractivity contribution in [3.8, 4) is 11.4 Å². The summed E-state index contributed by atoms with van der Waals surface area (Å²) >= 11 is 7.59. The van der Waals surface area contributed by atoms with Gasteiger partial charge in [0.1, 0.15) is 10.0 Å². The van der Waals surface area contributed by atoms with E-state index in [-0.39, 0.29) is 0 Å². The van der Waals surface area contributed by atoms with Gasteiger partial charge in [0.25, 0.3) is 0 Å². The molecule has 1 aliphatic rings. The van der Waals surface area contributed by atoms with Gasteiger partial charge in [-0.3, -0.25) is 4.68 Å². The van der Waals surface area contributed by atoms with E-state index in [2.05, 4.69) is 29.0 Å². The molecule has 4 aromatic rings. The lowest BCUT2D eigenvalue weighted by atomic mass is 10.2. The maximum Gasteiger partial charge on any atom is 0.156 e. The number of hydrogen-bond acceptors (Lipinski definition) is 5. The van der Waals surface area contributed by atoms with Crippen molar-refractivity contribution in [1.82, 2.24) is 29.4 Å². The number of halogens is 1. The summed E-state index contributed by atoms with van der Waals surface area (Å²) < 4.78 is 4.56. The fourth-order valence-electron chi connectivity index (χ4n) is 3.50. The summed E-state index contributed by atoms with van der Waals surface area (Å²) in [5.74, 6) is 0.847. The molecule has 0 aromatic carbocycles.